The second-order valence-corrected chi connectivity index (χ2v) is 5.87. The summed E-state index contributed by atoms with van der Waals surface area (Å²) in [7, 11) is 1.26. The van der Waals surface area contributed by atoms with Gasteiger partial charge in [-0.15, -0.1) is 0 Å². The number of hydrogen-bond acceptors (Lipinski definition) is 4. The van der Waals surface area contributed by atoms with Gasteiger partial charge in [-0.1, -0.05) is 30.3 Å². The van der Waals surface area contributed by atoms with E-state index in [-0.39, 0.29) is 29.6 Å². The molecule has 1 N–H and O–H groups in total. The first-order valence-corrected chi connectivity index (χ1v) is 8.11. The molecule has 2 rings (SSSR count). The second-order valence-electron chi connectivity index (χ2n) is 5.87. The van der Waals surface area contributed by atoms with Crippen LogP contribution in [-0.4, -0.2) is 29.6 Å². The summed E-state index contributed by atoms with van der Waals surface area (Å²) in [6.45, 7) is 1.79. The van der Waals surface area contributed by atoms with Crippen LogP contribution in [0.3, 0.4) is 0 Å². The number of hydrogen-bond donors (Lipinski definition) is 1. The Morgan fingerprint density at radius 2 is 1.88 bits per heavy atom. The standard InChI is InChI=1S/C19H22N2O4/c1-14(8-9-15-6-4-3-5-7-15)20-17(22)13-21-12-16(19(24)25-2)10-11-18(21)23/h3-7,10-12,14H,8-9,13H2,1-2H3,(H,20,22). The van der Waals surface area contributed by atoms with E-state index in [2.05, 4.69) is 10.1 Å². The van der Waals surface area contributed by atoms with Crippen molar-refractivity contribution in [2.24, 2.45) is 0 Å². The maximum atomic E-state index is 12.2. The Morgan fingerprint density at radius 3 is 2.56 bits per heavy atom. The normalized spacial score (nSPS) is 11.6. The molecular formula is C19H22N2O4. The summed E-state index contributed by atoms with van der Waals surface area (Å²) in [6.07, 6.45) is 3.00. The molecule has 6 heteroatoms. The van der Waals surface area contributed by atoms with Crippen LogP contribution in [0.4, 0.5) is 0 Å². The maximum Gasteiger partial charge on any atom is 0.339 e. The molecule has 132 valence electrons. The van der Waals surface area contributed by atoms with Crippen molar-refractivity contribution in [2.75, 3.05) is 7.11 Å². The summed E-state index contributed by atoms with van der Waals surface area (Å²) in [5, 5.41) is 2.87. The van der Waals surface area contributed by atoms with Gasteiger partial charge in [0.25, 0.3) is 5.56 Å². The lowest BCUT2D eigenvalue weighted by Gasteiger charge is -2.15. The van der Waals surface area contributed by atoms with Crippen LogP contribution in [-0.2, 0) is 22.5 Å². The van der Waals surface area contributed by atoms with Crippen molar-refractivity contribution < 1.29 is 14.3 Å². The third-order valence-corrected chi connectivity index (χ3v) is 3.83. The molecule has 1 amide bonds. The molecule has 1 heterocycles. The van der Waals surface area contributed by atoms with Gasteiger partial charge in [-0.05, 0) is 31.4 Å². The maximum absolute atomic E-state index is 12.2. The number of carbonyl (C=O) groups excluding carboxylic acids is 2. The van der Waals surface area contributed by atoms with Crippen molar-refractivity contribution in [1.82, 2.24) is 9.88 Å². The molecule has 6 nitrogen and oxygen atoms in total. The van der Waals surface area contributed by atoms with Crippen LogP contribution in [0, 0.1) is 0 Å². The quantitative estimate of drug-likeness (QED) is 0.778. The van der Waals surface area contributed by atoms with E-state index in [0.717, 1.165) is 12.8 Å². The minimum Gasteiger partial charge on any atom is -0.465 e. The van der Waals surface area contributed by atoms with E-state index in [0.29, 0.717) is 0 Å². The Morgan fingerprint density at radius 1 is 1.16 bits per heavy atom. The molecule has 1 aromatic heterocycles. The average molecular weight is 342 g/mol. The molecule has 0 bridgehead atoms. The fourth-order valence-corrected chi connectivity index (χ4v) is 2.47. The molecule has 0 saturated heterocycles. The molecule has 0 fully saturated rings. The molecular weight excluding hydrogens is 320 g/mol. The lowest BCUT2D eigenvalue weighted by molar-refractivity contribution is -0.122. The number of aromatic nitrogens is 1. The first-order valence-electron chi connectivity index (χ1n) is 8.11. The van der Waals surface area contributed by atoms with Gasteiger partial charge >= 0.3 is 5.97 Å². The van der Waals surface area contributed by atoms with E-state index in [1.165, 1.54) is 35.6 Å². The number of aryl methyl sites for hydroxylation is 1. The third-order valence-electron chi connectivity index (χ3n) is 3.83. The molecule has 0 spiro atoms. The molecule has 0 radical (unpaired) electrons. The summed E-state index contributed by atoms with van der Waals surface area (Å²) >= 11 is 0. The lowest BCUT2D eigenvalue weighted by Crippen LogP contribution is -2.37. The highest BCUT2D eigenvalue weighted by Gasteiger charge is 2.12. The highest BCUT2D eigenvalue weighted by molar-refractivity contribution is 5.89. The number of benzene rings is 1. The van der Waals surface area contributed by atoms with Crippen molar-refractivity contribution in [3.05, 3.63) is 70.1 Å². The zero-order valence-corrected chi connectivity index (χ0v) is 14.4. The Kier molecular flexibility index (Phi) is 6.51. The van der Waals surface area contributed by atoms with Gasteiger partial charge in [-0.2, -0.15) is 0 Å². The van der Waals surface area contributed by atoms with Crippen molar-refractivity contribution in [1.29, 1.82) is 0 Å². The van der Waals surface area contributed by atoms with E-state index >= 15 is 0 Å². The van der Waals surface area contributed by atoms with Crippen LogP contribution < -0.4 is 10.9 Å². The molecule has 0 aliphatic heterocycles. The Balaban J connectivity index is 1.91. The Hall–Kier alpha value is -2.89. The van der Waals surface area contributed by atoms with E-state index in [1.807, 2.05) is 37.3 Å². The predicted octanol–water partition coefficient (Wildman–Crippen LogP) is 1.77. The number of pyridine rings is 1. The SMILES string of the molecule is COC(=O)c1ccc(=O)n(CC(=O)NC(C)CCc2ccccc2)c1. The summed E-state index contributed by atoms with van der Waals surface area (Å²) in [6, 6.07) is 12.6. The molecule has 25 heavy (non-hydrogen) atoms. The second kappa shape index (κ2) is 8.82. The van der Waals surface area contributed by atoms with Crippen LogP contribution >= 0.6 is 0 Å². The van der Waals surface area contributed by atoms with Crippen LogP contribution in [0.25, 0.3) is 0 Å². The zero-order chi connectivity index (χ0) is 18.2. The number of nitrogens with zero attached hydrogens (tertiary/aromatic N) is 1. The van der Waals surface area contributed by atoms with Crippen LogP contribution in [0.1, 0.15) is 29.3 Å². The topological polar surface area (TPSA) is 77.4 Å². The number of amides is 1. The largest absolute Gasteiger partial charge is 0.465 e. The zero-order valence-electron chi connectivity index (χ0n) is 14.4. The highest BCUT2D eigenvalue weighted by Crippen LogP contribution is 2.05. The molecule has 0 saturated carbocycles. The van der Waals surface area contributed by atoms with Gasteiger partial charge in [0.15, 0.2) is 0 Å². The van der Waals surface area contributed by atoms with Crippen LogP contribution in [0.2, 0.25) is 0 Å². The molecule has 2 aromatic rings. The van der Waals surface area contributed by atoms with E-state index in [9.17, 15) is 14.4 Å². The minimum absolute atomic E-state index is 0.0211. The van der Waals surface area contributed by atoms with Gasteiger partial charge in [-0.3, -0.25) is 9.59 Å². The average Bonchev–Trinajstić information content (AvgIpc) is 2.62. The number of ether oxygens (including phenoxy) is 1. The molecule has 1 unspecified atom stereocenters. The van der Waals surface area contributed by atoms with Crippen molar-refractivity contribution in [3.8, 4) is 0 Å². The fourth-order valence-electron chi connectivity index (χ4n) is 2.47. The third kappa shape index (κ3) is 5.60. The number of methoxy groups -OCH3 is 1. The monoisotopic (exact) mass is 342 g/mol. The van der Waals surface area contributed by atoms with E-state index in [4.69, 9.17) is 0 Å². The van der Waals surface area contributed by atoms with Crippen molar-refractivity contribution in [3.63, 3.8) is 0 Å². The lowest BCUT2D eigenvalue weighted by atomic mass is 10.1. The summed E-state index contributed by atoms with van der Waals surface area (Å²) in [5.74, 6) is -0.824. The Labute approximate surface area is 146 Å². The first kappa shape index (κ1) is 18.4. The minimum atomic E-state index is -0.551. The molecule has 1 aromatic carbocycles. The van der Waals surface area contributed by atoms with Gasteiger partial charge < -0.3 is 14.6 Å². The van der Waals surface area contributed by atoms with E-state index in [1.54, 1.807) is 0 Å². The summed E-state index contributed by atoms with van der Waals surface area (Å²) in [5.41, 5.74) is 1.09. The van der Waals surface area contributed by atoms with Gasteiger partial charge in [-0.25, -0.2) is 4.79 Å². The van der Waals surface area contributed by atoms with Crippen molar-refractivity contribution >= 4 is 11.9 Å². The molecule has 0 aliphatic rings. The van der Waals surface area contributed by atoms with Gasteiger partial charge in [0.05, 0.1) is 12.7 Å². The first-order chi connectivity index (χ1) is 12.0. The van der Waals surface area contributed by atoms with Gasteiger partial charge in [0.1, 0.15) is 6.54 Å². The summed E-state index contributed by atoms with van der Waals surface area (Å²) < 4.78 is 5.82. The number of carbonyl (C=O) groups is 2. The van der Waals surface area contributed by atoms with Crippen molar-refractivity contribution in [2.45, 2.75) is 32.4 Å². The highest BCUT2D eigenvalue weighted by atomic mass is 16.5. The number of esters is 1. The smallest absolute Gasteiger partial charge is 0.339 e. The van der Waals surface area contributed by atoms with Gasteiger partial charge in [0, 0.05) is 18.3 Å². The van der Waals surface area contributed by atoms with Crippen LogP contribution in [0.15, 0.2) is 53.5 Å². The van der Waals surface area contributed by atoms with Gasteiger partial charge in [0.2, 0.25) is 5.91 Å². The van der Waals surface area contributed by atoms with E-state index < -0.39 is 5.97 Å². The molecule has 1 atom stereocenters. The summed E-state index contributed by atoms with van der Waals surface area (Å²) in [4.78, 5) is 35.5. The number of nitrogens with one attached hydrogen (secondary N) is 1. The number of rotatable bonds is 7. The van der Waals surface area contributed by atoms with Crippen LogP contribution in [0.5, 0.6) is 0 Å². The predicted molar refractivity (Wildman–Crippen MR) is 94.4 cm³/mol. The fraction of sp³-hybridized carbons (Fsp3) is 0.316. The Bertz CT molecular complexity index is 784. The molecule has 0 aliphatic carbocycles.